The summed E-state index contributed by atoms with van der Waals surface area (Å²) in [5.41, 5.74) is -2.23. The predicted molar refractivity (Wildman–Crippen MR) is 45.8 cm³/mol. The van der Waals surface area contributed by atoms with Crippen molar-refractivity contribution in [3.63, 3.8) is 0 Å². The summed E-state index contributed by atoms with van der Waals surface area (Å²) in [6, 6.07) is 0. The van der Waals surface area contributed by atoms with E-state index in [0.717, 1.165) is 6.08 Å². The Morgan fingerprint density at radius 1 is 1.14 bits per heavy atom. The number of carbonyl (C=O) groups is 2. The standard InChI is InChI=1S/C8H12O6/c1-2-5(9)8(14,3-6(10)11)4-7(12)13/h2,9,14H,3-4H2,1H3,(H,10,11)(H,12,13). The van der Waals surface area contributed by atoms with E-state index in [4.69, 9.17) is 15.3 Å². The van der Waals surface area contributed by atoms with Crippen LogP contribution >= 0.6 is 0 Å². The molecule has 6 nitrogen and oxygen atoms in total. The molecule has 0 fully saturated rings. The van der Waals surface area contributed by atoms with Gasteiger partial charge < -0.3 is 20.4 Å². The first-order valence-electron chi connectivity index (χ1n) is 3.83. The highest BCUT2D eigenvalue weighted by molar-refractivity contribution is 5.73. The first kappa shape index (κ1) is 12.4. The van der Waals surface area contributed by atoms with E-state index in [1.165, 1.54) is 6.92 Å². The number of hydrogen-bond donors (Lipinski definition) is 4. The number of carboxylic acid groups (broad SMARTS) is 2. The van der Waals surface area contributed by atoms with Crippen LogP contribution in [-0.2, 0) is 9.59 Å². The lowest BCUT2D eigenvalue weighted by Gasteiger charge is -2.23. The summed E-state index contributed by atoms with van der Waals surface area (Å²) in [5, 5.41) is 35.5. The van der Waals surface area contributed by atoms with Crippen LogP contribution in [0.5, 0.6) is 0 Å². The Labute approximate surface area is 80.1 Å². The van der Waals surface area contributed by atoms with Gasteiger partial charge >= 0.3 is 11.9 Å². The fourth-order valence-corrected chi connectivity index (χ4v) is 1.01. The number of aliphatic hydroxyl groups is 2. The fraction of sp³-hybridized carbons (Fsp3) is 0.500. The largest absolute Gasteiger partial charge is 0.510 e. The van der Waals surface area contributed by atoms with E-state index in [9.17, 15) is 14.7 Å². The molecule has 80 valence electrons. The van der Waals surface area contributed by atoms with Gasteiger partial charge in [-0.05, 0) is 13.0 Å². The smallest absolute Gasteiger partial charge is 0.306 e. The molecule has 0 bridgehead atoms. The maximum Gasteiger partial charge on any atom is 0.306 e. The molecule has 0 aliphatic heterocycles. The topological polar surface area (TPSA) is 115 Å². The van der Waals surface area contributed by atoms with Gasteiger partial charge in [-0.2, -0.15) is 0 Å². The van der Waals surface area contributed by atoms with Gasteiger partial charge in [-0.25, -0.2) is 0 Å². The lowest BCUT2D eigenvalue weighted by Crippen LogP contribution is -2.36. The zero-order valence-electron chi connectivity index (χ0n) is 7.60. The van der Waals surface area contributed by atoms with Gasteiger partial charge in [-0.15, -0.1) is 0 Å². The predicted octanol–water partition coefficient (Wildman–Crippen LogP) is 0.129. The Hall–Kier alpha value is -1.56. The van der Waals surface area contributed by atoms with Crippen molar-refractivity contribution in [3.8, 4) is 0 Å². The van der Waals surface area contributed by atoms with Crippen molar-refractivity contribution in [2.24, 2.45) is 0 Å². The van der Waals surface area contributed by atoms with Gasteiger partial charge in [-0.3, -0.25) is 9.59 Å². The zero-order chi connectivity index (χ0) is 11.4. The third-order valence-corrected chi connectivity index (χ3v) is 1.64. The van der Waals surface area contributed by atoms with Crippen LogP contribution in [0.4, 0.5) is 0 Å². The lowest BCUT2D eigenvalue weighted by atomic mass is 9.93. The highest BCUT2D eigenvalue weighted by Gasteiger charge is 2.36. The van der Waals surface area contributed by atoms with Crippen LogP contribution in [0.2, 0.25) is 0 Å². The second kappa shape index (κ2) is 4.61. The number of rotatable bonds is 5. The van der Waals surface area contributed by atoms with Gasteiger partial charge in [0.2, 0.25) is 0 Å². The summed E-state index contributed by atoms with van der Waals surface area (Å²) in [7, 11) is 0. The summed E-state index contributed by atoms with van der Waals surface area (Å²) < 4.78 is 0. The molecule has 0 saturated carbocycles. The van der Waals surface area contributed by atoms with Crippen LogP contribution in [0.25, 0.3) is 0 Å². The Morgan fingerprint density at radius 3 is 1.71 bits per heavy atom. The van der Waals surface area contributed by atoms with Gasteiger partial charge in [0.1, 0.15) is 11.4 Å². The second-order valence-electron chi connectivity index (χ2n) is 2.85. The molecule has 0 radical (unpaired) electrons. The van der Waals surface area contributed by atoms with E-state index in [1.54, 1.807) is 0 Å². The number of carboxylic acids is 2. The summed E-state index contributed by atoms with van der Waals surface area (Å²) in [5.74, 6) is -3.42. The SMILES string of the molecule is CC=C(O)C(O)(CC(=O)O)CC(=O)O. The molecular weight excluding hydrogens is 192 g/mol. The van der Waals surface area contributed by atoms with E-state index in [-0.39, 0.29) is 0 Å². The minimum Gasteiger partial charge on any atom is -0.510 e. The van der Waals surface area contributed by atoms with Crippen LogP contribution < -0.4 is 0 Å². The van der Waals surface area contributed by atoms with E-state index < -0.39 is 36.1 Å². The molecule has 0 atom stereocenters. The van der Waals surface area contributed by atoms with Gasteiger partial charge in [0, 0.05) is 0 Å². The van der Waals surface area contributed by atoms with E-state index >= 15 is 0 Å². The zero-order valence-corrected chi connectivity index (χ0v) is 7.60. The quantitative estimate of drug-likeness (QED) is 0.473. The van der Waals surface area contributed by atoms with E-state index in [1.807, 2.05) is 0 Å². The van der Waals surface area contributed by atoms with Crippen LogP contribution in [0.15, 0.2) is 11.8 Å². The van der Waals surface area contributed by atoms with Crippen LogP contribution in [0, 0.1) is 0 Å². The number of aliphatic carboxylic acids is 2. The highest BCUT2D eigenvalue weighted by Crippen LogP contribution is 2.23. The van der Waals surface area contributed by atoms with Crippen molar-refractivity contribution < 1.29 is 30.0 Å². The molecule has 0 heterocycles. The molecule has 0 aromatic heterocycles. The number of allylic oxidation sites excluding steroid dienone is 1. The van der Waals surface area contributed by atoms with Crippen molar-refractivity contribution >= 4 is 11.9 Å². The normalized spacial score (nSPS) is 12.6. The van der Waals surface area contributed by atoms with Crippen molar-refractivity contribution in [3.05, 3.63) is 11.8 Å². The molecule has 0 spiro atoms. The Bertz CT molecular complexity index is 251. The highest BCUT2D eigenvalue weighted by atomic mass is 16.4. The van der Waals surface area contributed by atoms with Crippen molar-refractivity contribution in [2.45, 2.75) is 25.4 Å². The second-order valence-corrected chi connectivity index (χ2v) is 2.85. The molecule has 6 heteroatoms. The fourth-order valence-electron chi connectivity index (χ4n) is 1.01. The van der Waals surface area contributed by atoms with Gasteiger partial charge in [0.05, 0.1) is 12.8 Å². The summed E-state index contributed by atoms with van der Waals surface area (Å²) in [6.45, 7) is 1.37. The minimum atomic E-state index is -2.23. The summed E-state index contributed by atoms with van der Waals surface area (Å²) in [6.07, 6.45) is -0.642. The molecule has 14 heavy (non-hydrogen) atoms. The third-order valence-electron chi connectivity index (χ3n) is 1.64. The summed E-state index contributed by atoms with van der Waals surface area (Å²) in [4.78, 5) is 20.7. The maximum atomic E-state index is 10.3. The van der Waals surface area contributed by atoms with Crippen molar-refractivity contribution in [1.82, 2.24) is 0 Å². The third kappa shape index (κ3) is 3.44. The molecule has 0 rings (SSSR count). The average molecular weight is 204 g/mol. The molecular formula is C8H12O6. The van der Waals surface area contributed by atoms with E-state index in [2.05, 4.69) is 0 Å². The van der Waals surface area contributed by atoms with Crippen molar-refractivity contribution in [1.29, 1.82) is 0 Å². The van der Waals surface area contributed by atoms with Gasteiger partial charge in [0.25, 0.3) is 0 Å². The molecule has 0 unspecified atom stereocenters. The summed E-state index contributed by atoms with van der Waals surface area (Å²) >= 11 is 0. The molecule has 0 amide bonds. The lowest BCUT2D eigenvalue weighted by molar-refractivity contribution is -0.148. The molecule has 0 aromatic carbocycles. The maximum absolute atomic E-state index is 10.3. The van der Waals surface area contributed by atoms with Crippen LogP contribution in [0.1, 0.15) is 19.8 Å². The first-order valence-corrected chi connectivity index (χ1v) is 3.83. The first-order chi connectivity index (χ1) is 6.31. The molecule has 0 aromatic rings. The minimum absolute atomic E-state index is 0.651. The Kier molecular flexibility index (Phi) is 4.10. The van der Waals surface area contributed by atoms with Gasteiger partial charge in [0.15, 0.2) is 0 Å². The van der Waals surface area contributed by atoms with Crippen molar-refractivity contribution in [2.75, 3.05) is 0 Å². The molecule has 0 aliphatic carbocycles. The monoisotopic (exact) mass is 204 g/mol. The molecule has 0 saturated heterocycles. The number of aliphatic hydroxyl groups excluding tert-OH is 1. The molecule has 0 aliphatic rings. The average Bonchev–Trinajstić information content (AvgIpc) is 1.99. The Balaban J connectivity index is 4.84. The van der Waals surface area contributed by atoms with Gasteiger partial charge in [-0.1, -0.05) is 0 Å². The molecule has 4 N–H and O–H groups in total. The van der Waals surface area contributed by atoms with E-state index in [0.29, 0.717) is 0 Å². The number of hydrogen-bond acceptors (Lipinski definition) is 4. The van der Waals surface area contributed by atoms with Crippen LogP contribution in [0.3, 0.4) is 0 Å². The Morgan fingerprint density at radius 2 is 1.50 bits per heavy atom. The van der Waals surface area contributed by atoms with Crippen LogP contribution in [-0.4, -0.2) is 38.0 Å².